The fraction of sp³-hybridized carbons (Fsp3) is 0.462. The van der Waals surface area contributed by atoms with Gasteiger partial charge in [-0.05, 0) is 17.4 Å². The number of hydrogen-bond acceptors (Lipinski definition) is 2. The van der Waals surface area contributed by atoms with Crippen LogP contribution in [0.3, 0.4) is 0 Å². The molecule has 0 aromatic heterocycles. The van der Waals surface area contributed by atoms with Gasteiger partial charge in [-0.3, -0.25) is 4.90 Å². The molecule has 76 valence electrons. The summed E-state index contributed by atoms with van der Waals surface area (Å²) in [5, 5.41) is 8.82. The summed E-state index contributed by atoms with van der Waals surface area (Å²) in [6.45, 7) is 3.29. The van der Waals surface area contributed by atoms with Crippen molar-refractivity contribution in [3.05, 3.63) is 35.9 Å². The van der Waals surface area contributed by atoms with Crippen LogP contribution in [-0.4, -0.2) is 18.0 Å². The van der Waals surface area contributed by atoms with Crippen molar-refractivity contribution in [2.45, 2.75) is 6.54 Å². The van der Waals surface area contributed by atoms with E-state index < -0.39 is 0 Å². The Labute approximate surface area is 90.1 Å². The summed E-state index contributed by atoms with van der Waals surface area (Å²) in [5.74, 6) is 1.73. The lowest BCUT2D eigenvalue weighted by molar-refractivity contribution is 0.287. The van der Waals surface area contributed by atoms with Crippen LogP contribution < -0.4 is 0 Å². The van der Waals surface area contributed by atoms with Gasteiger partial charge in [0.25, 0.3) is 0 Å². The van der Waals surface area contributed by atoms with Gasteiger partial charge in [0, 0.05) is 19.6 Å². The molecule has 0 bridgehead atoms. The van der Waals surface area contributed by atoms with E-state index in [0.717, 1.165) is 19.6 Å². The van der Waals surface area contributed by atoms with E-state index in [2.05, 4.69) is 41.3 Å². The van der Waals surface area contributed by atoms with Crippen LogP contribution in [0, 0.1) is 29.1 Å². The second kappa shape index (κ2) is 3.36. The summed E-state index contributed by atoms with van der Waals surface area (Å²) in [6, 6.07) is 13.0. The van der Waals surface area contributed by atoms with Gasteiger partial charge in [0.05, 0.1) is 12.0 Å². The average Bonchev–Trinajstić information content (AvgIpc) is 2.75. The number of nitrogens with zero attached hydrogens (tertiary/aromatic N) is 2. The third-order valence-corrected chi connectivity index (χ3v) is 3.67. The predicted molar refractivity (Wildman–Crippen MR) is 57.8 cm³/mol. The minimum atomic E-state index is 0.372. The fourth-order valence-electron chi connectivity index (χ4n) is 2.78. The molecule has 1 aliphatic heterocycles. The molecule has 0 N–H and O–H groups in total. The largest absolute Gasteiger partial charge is 0.298 e. The van der Waals surface area contributed by atoms with E-state index >= 15 is 0 Å². The Morgan fingerprint density at radius 3 is 2.47 bits per heavy atom. The molecule has 1 aliphatic carbocycles. The van der Waals surface area contributed by atoms with Gasteiger partial charge in [-0.15, -0.1) is 0 Å². The van der Waals surface area contributed by atoms with Crippen molar-refractivity contribution in [1.82, 2.24) is 4.90 Å². The summed E-state index contributed by atoms with van der Waals surface area (Å²) in [5.41, 5.74) is 1.38. The highest BCUT2D eigenvalue weighted by Gasteiger charge is 2.55. The number of likely N-dealkylation sites (tertiary alicyclic amines) is 1. The Balaban J connectivity index is 1.59. The fourth-order valence-corrected chi connectivity index (χ4v) is 2.78. The topological polar surface area (TPSA) is 27.0 Å². The minimum Gasteiger partial charge on any atom is -0.298 e. The summed E-state index contributed by atoms with van der Waals surface area (Å²) >= 11 is 0. The van der Waals surface area contributed by atoms with Crippen molar-refractivity contribution in [1.29, 1.82) is 5.26 Å². The van der Waals surface area contributed by atoms with Gasteiger partial charge in [-0.2, -0.15) is 5.26 Å². The van der Waals surface area contributed by atoms with Gasteiger partial charge < -0.3 is 0 Å². The summed E-state index contributed by atoms with van der Waals surface area (Å²) < 4.78 is 0. The van der Waals surface area contributed by atoms with E-state index in [0.29, 0.717) is 17.8 Å². The van der Waals surface area contributed by atoms with Gasteiger partial charge in [0.15, 0.2) is 0 Å². The van der Waals surface area contributed by atoms with Gasteiger partial charge in [-0.1, -0.05) is 30.3 Å². The third kappa shape index (κ3) is 1.53. The molecule has 1 heterocycles. The molecule has 0 radical (unpaired) electrons. The monoisotopic (exact) mass is 198 g/mol. The highest BCUT2D eigenvalue weighted by atomic mass is 15.2. The zero-order valence-corrected chi connectivity index (χ0v) is 8.63. The summed E-state index contributed by atoms with van der Waals surface area (Å²) in [6.07, 6.45) is 0. The summed E-state index contributed by atoms with van der Waals surface area (Å²) in [4.78, 5) is 2.47. The SMILES string of the molecule is N#CC1C2CN(Cc3ccccc3)CC12. The van der Waals surface area contributed by atoms with Crippen LogP contribution in [0.4, 0.5) is 0 Å². The predicted octanol–water partition coefficient (Wildman–Crippen LogP) is 1.89. The van der Waals surface area contributed by atoms with Crippen molar-refractivity contribution in [3.63, 3.8) is 0 Å². The number of fused-ring (bicyclic) bond motifs is 1. The average molecular weight is 198 g/mol. The number of nitriles is 1. The third-order valence-electron chi connectivity index (χ3n) is 3.67. The molecule has 2 nitrogen and oxygen atoms in total. The van der Waals surface area contributed by atoms with E-state index in [9.17, 15) is 0 Å². The lowest BCUT2D eigenvalue weighted by atomic mass is 10.2. The molecule has 0 amide bonds. The molecule has 2 heteroatoms. The van der Waals surface area contributed by atoms with E-state index in [1.807, 2.05) is 0 Å². The maximum atomic E-state index is 8.82. The van der Waals surface area contributed by atoms with Crippen LogP contribution >= 0.6 is 0 Å². The standard InChI is InChI=1S/C13H14N2/c14-6-11-12-8-15(9-13(11)12)7-10-4-2-1-3-5-10/h1-5,11-13H,7-9H2. The first kappa shape index (κ1) is 8.94. The zero-order valence-electron chi connectivity index (χ0n) is 8.63. The normalized spacial score (nSPS) is 33.4. The Morgan fingerprint density at radius 2 is 1.87 bits per heavy atom. The van der Waals surface area contributed by atoms with Crippen LogP contribution in [-0.2, 0) is 6.54 Å². The van der Waals surface area contributed by atoms with Crippen LogP contribution in [0.15, 0.2) is 30.3 Å². The number of piperidine rings is 1. The highest BCUT2D eigenvalue weighted by molar-refractivity contribution is 5.18. The van der Waals surface area contributed by atoms with Crippen molar-refractivity contribution < 1.29 is 0 Å². The van der Waals surface area contributed by atoms with Gasteiger partial charge in [0.1, 0.15) is 0 Å². The second-order valence-electron chi connectivity index (χ2n) is 4.66. The van der Waals surface area contributed by atoms with Gasteiger partial charge >= 0.3 is 0 Å². The lowest BCUT2D eigenvalue weighted by Gasteiger charge is -2.17. The van der Waals surface area contributed by atoms with Crippen molar-refractivity contribution in [2.24, 2.45) is 17.8 Å². The molecule has 0 spiro atoms. The second-order valence-corrected chi connectivity index (χ2v) is 4.66. The molecule has 2 atom stereocenters. The Kier molecular flexibility index (Phi) is 2.00. The maximum absolute atomic E-state index is 8.82. The van der Waals surface area contributed by atoms with Crippen molar-refractivity contribution >= 4 is 0 Å². The van der Waals surface area contributed by atoms with Crippen molar-refractivity contribution in [2.75, 3.05) is 13.1 Å². The van der Waals surface area contributed by atoms with E-state index in [4.69, 9.17) is 5.26 Å². The molecule has 2 unspecified atom stereocenters. The smallest absolute Gasteiger partial charge is 0.0662 e. The van der Waals surface area contributed by atoms with Crippen LogP contribution in [0.1, 0.15) is 5.56 Å². The zero-order chi connectivity index (χ0) is 10.3. The lowest BCUT2D eigenvalue weighted by Crippen LogP contribution is -2.23. The molecule has 1 aromatic rings. The molecule has 1 saturated carbocycles. The Hall–Kier alpha value is -1.33. The van der Waals surface area contributed by atoms with Gasteiger partial charge in [-0.25, -0.2) is 0 Å². The number of rotatable bonds is 2. The van der Waals surface area contributed by atoms with E-state index in [1.165, 1.54) is 5.56 Å². The van der Waals surface area contributed by atoms with Crippen LogP contribution in [0.25, 0.3) is 0 Å². The molecular weight excluding hydrogens is 184 g/mol. The molecule has 2 fully saturated rings. The van der Waals surface area contributed by atoms with E-state index in [-0.39, 0.29) is 0 Å². The summed E-state index contributed by atoms with van der Waals surface area (Å²) in [7, 11) is 0. The molecule has 1 saturated heterocycles. The van der Waals surface area contributed by atoms with Gasteiger partial charge in [0.2, 0.25) is 0 Å². The van der Waals surface area contributed by atoms with Crippen LogP contribution in [0.5, 0.6) is 0 Å². The first-order chi connectivity index (χ1) is 7.38. The number of hydrogen-bond donors (Lipinski definition) is 0. The maximum Gasteiger partial charge on any atom is 0.0662 e. The molecule has 15 heavy (non-hydrogen) atoms. The van der Waals surface area contributed by atoms with Crippen molar-refractivity contribution in [3.8, 4) is 6.07 Å². The van der Waals surface area contributed by atoms with Crippen LogP contribution in [0.2, 0.25) is 0 Å². The quantitative estimate of drug-likeness (QED) is 0.725. The first-order valence-corrected chi connectivity index (χ1v) is 5.54. The van der Waals surface area contributed by atoms with E-state index in [1.54, 1.807) is 0 Å². The Bertz CT molecular complexity index is 381. The Morgan fingerprint density at radius 1 is 1.20 bits per heavy atom. The molecule has 3 rings (SSSR count). The molecule has 2 aliphatic rings. The minimum absolute atomic E-state index is 0.372. The highest BCUT2D eigenvalue weighted by Crippen LogP contribution is 2.51. The molecule has 1 aromatic carbocycles. The number of benzene rings is 1. The molecular formula is C13H14N2. The first-order valence-electron chi connectivity index (χ1n) is 5.54.